The van der Waals surface area contributed by atoms with Gasteiger partial charge in [0.05, 0.1) is 28.8 Å². The van der Waals surface area contributed by atoms with Crippen LogP contribution in [0, 0.1) is 18.2 Å². The third kappa shape index (κ3) is 3.32. The Labute approximate surface area is 184 Å². The molecule has 5 nitrogen and oxygen atoms in total. The third-order valence-corrected chi connectivity index (χ3v) is 5.59. The number of hydrogen-bond donors (Lipinski definition) is 3. The van der Waals surface area contributed by atoms with Crippen molar-refractivity contribution in [2.45, 2.75) is 6.92 Å². The minimum atomic E-state index is -0.317. The van der Waals surface area contributed by atoms with Gasteiger partial charge in [0.25, 0.3) is 0 Å². The van der Waals surface area contributed by atoms with Gasteiger partial charge in [-0.2, -0.15) is 0 Å². The van der Waals surface area contributed by atoms with Crippen LogP contribution in [0.25, 0.3) is 33.3 Å². The van der Waals surface area contributed by atoms with Crippen LogP contribution in [0.3, 0.4) is 0 Å². The van der Waals surface area contributed by atoms with E-state index < -0.39 is 0 Å². The van der Waals surface area contributed by atoms with Crippen molar-refractivity contribution >= 4 is 22.3 Å². The van der Waals surface area contributed by atoms with Crippen LogP contribution in [-0.4, -0.2) is 20.7 Å². The molecule has 5 aromatic rings. The van der Waals surface area contributed by atoms with Crippen molar-refractivity contribution in [1.82, 2.24) is 15.0 Å². The second-order valence-corrected chi connectivity index (χ2v) is 7.66. The van der Waals surface area contributed by atoms with Crippen LogP contribution in [-0.2, 0) is 0 Å². The highest BCUT2D eigenvalue weighted by atomic mass is 19.1. The standard InChI is InChI=1S/C26H20FN5/c1-15-10-22(28)19(11-17(15)23-8-4-5-9-31-23)26(29)24-12-18-20(13-30-14-25(18)32-24)16-6-2-3-7-21(16)27/h2-14,29,32H,28H2,1H3. The van der Waals surface area contributed by atoms with Crippen LogP contribution in [0.4, 0.5) is 10.1 Å². The van der Waals surface area contributed by atoms with Gasteiger partial charge in [-0.15, -0.1) is 0 Å². The fourth-order valence-corrected chi connectivity index (χ4v) is 3.97. The maximum Gasteiger partial charge on any atom is 0.131 e. The molecule has 0 saturated heterocycles. The Morgan fingerprint density at radius 1 is 0.969 bits per heavy atom. The quantitative estimate of drug-likeness (QED) is 0.255. The number of halogens is 1. The van der Waals surface area contributed by atoms with Gasteiger partial charge in [-0.05, 0) is 48.9 Å². The number of aromatic amines is 1. The Kier molecular flexibility index (Phi) is 4.75. The van der Waals surface area contributed by atoms with E-state index in [9.17, 15) is 4.39 Å². The van der Waals surface area contributed by atoms with Gasteiger partial charge in [0.2, 0.25) is 0 Å². The first-order valence-corrected chi connectivity index (χ1v) is 10.2. The maximum atomic E-state index is 14.4. The number of nitrogens with one attached hydrogen (secondary N) is 2. The summed E-state index contributed by atoms with van der Waals surface area (Å²) < 4.78 is 14.4. The number of nitrogens with two attached hydrogens (primary N) is 1. The second kappa shape index (κ2) is 7.74. The van der Waals surface area contributed by atoms with E-state index in [1.54, 1.807) is 36.8 Å². The minimum Gasteiger partial charge on any atom is -0.398 e. The van der Waals surface area contributed by atoms with Crippen LogP contribution in [0.2, 0.25) is 0 Å². The zero-order valence-corrected chi connectivity index (χ0v) is 17.4. The molecule has 0 saturated carbocycles. The van der Waals surface area contributed by atoms with E-state index in [0.29, 0.717) is 28.1 Å². The molecule has 2 aromatic carbocycles. The lowest BCUT2D eigenvalue weighted by molar-refractivity contribution is 0.631. The van der Waals surface area contributed by atoms with Crippen molar-refractivity contribution in [2.75, 3.05) is 5.73 Å². The van der Waals surface area contributed by atoms with Crippen molar-refractivity contribution in [3.63, 3.8) is 0 Å². The van der Waals surface area contributed by atoms with Crippen LogP contribution in [0.5, 0.6) is 0 Å². The van der Waals surface area contributed by atoms with Crippen molar-refractivity contribution < 1.29 is 4.39 Å². The molecule has 0 atom stereocenters. The fourth-order valence-electron chi connectivity index (χ4n) is 3.97. The smallest absolute Gasteiger partial charge is 0.131 e. The summed E-state index contributed by atoms with van der Waals surface area (Å²) in [6, 6.07) is 17.9. The summed E-state index contributed by atoms with van der Waals surface area (Å²) in [5, 5.41) is 9.66. The summed E-state index contributed by atoms with van der Waals surface area (Å²) in [4.78, 5) is 11.9. The van der Waals surface area contributed by atoms with Gasteiger partial charge in [0.1, 0.15) is 5.82 Å². The molecule has 0 amide bonds. The van der Waals surface area contributed by atoms with E-state index >= 15 is 0 Å². The molecule has 0 aliphatic carbocycles. The van der Waals surface area contributed by atoms with Gasteiger partial charge in [0, 0.05) is 45.7 Å². The molecular weight excluding hydrogens is 401 g/mol. The number of nitrogen functional groups attached to an aromatic ring is 1. The lowest BCUT2D eigenvalue weighted by Gasteiger charge is -2.12. The summed E-state index contributed by atoms with van der Waals surface area (Å²) in [7, 11) is 0. The van der Waals surface area contributed by atoms with Gasteiger partial charge in [-0.1, -0.05) is 24.3 Å². The fraction of sp³-hybridized carbons (Fsp3) is 0.0385. The molecule has 0 bridgehead atoms. The third-order valence-electron chi connectivity index (χ3n) is 5.59. The van der Waals surface area contributed by atoms with Crippen molar-refractivity contribution in [2.24, 2.45) is 0 Å². The average molecular weight is 421 g/mol. The van der Waals surface area contributed by atoms with Crippen molar-refractivity contribution in [3.8, 4) is 22.4 Å². The predicted molar refractivity (Wildman–Crippen MR) is 126 cm³/mol. The van der Waals surface area contributed by atoms with Gasteiger partial charge >= 0.3 is 0 Å². The van der Waals surface area contributed by atoms with Crippen LogP contribution in [0.1, 0.15) is 16.8 Å². The number of H-pyrrole nitrogens is 1. The first-order valence-electron chi connectivity index (χ1n) is 10.2. The molecule has 6 heteroatoms. The molecule has 156 valence electrons. The summed E-state index contributed by atoms with van der Waals surface area (Å²) in [6.07, 6.45) is 5.06. The number of rotatable bonds is 4. The normalized spacial score (nSPS) is 11.1. The highest BCUT2D eigenvalue weighted by Crippen LogP contribution is 2.32. The summed E-state index contributed by atoms with van der Waals surface area (Å²) in [6.45, 7) is 1.98. The summed E-state index contributed by atoms with van der Waals surface area (Å²) in [5.74, 6) is -0.317. The molecule has 0 radical (unpaired) electrons. The molecule has 4 N–H and O–H groups in total. The molecule has 0 spiro atoms. The second-order valence-electron chi connectivity index (χ2n) is 7.66. The monoisotopic (exact) mass is 421 g/mol. The number of hydrogen-bond acceptors (Lipinski definition) is 4. The topological polar surface area (TPSA) is 91.4 Å². The molecule has 5 rings (SSSR count). The first kappa shape index (κ1) is 19.6. The Morgan fingerprint density at radius 2 is 1.78 bits per heavy atom. The number of pyridine rings is 2. The van der Waals surface area contributed by atoms with E-state index in [2.05, 4.69) is 15.0 Å². The first-order chi connectivity index (χ1) is 15.5. The van der Waals surface area contributed by atoms with Gasteiger partial charge < -0.3 is 10.7 Å². The largest absolute Gasteiger partial charge is 0.398 e. The highest BCUT2D eigenvalue weighted by Gasteiger charge is 2.17. The van der Waals surface area contributed by atoms with Crippen LogP contribution in [0.15, 0.2) is 79.3 Å². The van der Waals surface area contributed by atoms with E-state index in [1.165, 1.54) is 6.07 Å². The zero-order chi connectivity index (χ0) is 22.2. The van der Waals surface area contributed by atoms with Crippen LogP contribution >= 0.6 is 0 Å². The average Bonchev–Trinajstić information content (AvgIpc) is 3.24. The molecule has 3 aromatic heterocycles. The number of nitrogens with zero attached hydrogens (tertiary/aromatic N) is 2. The van der Waals surface area contributed by atoms with Gasteiger partial charge in [-0.25, -0.2) is 4.39 Å². The lowest BCUT2D eigenvalue weighted by Crippen LogP contribution is -2.07. The molecule has 0 aliphatic rings. The van der Waals surface area contributed by atoms with Crippen molar-refractivity contribution in [3.05, 3.63) is 102 Å². The molecular formula is C26H20FN5. The minimum absolute atomic E-state index is 0.246. The van der Waals surface area contributed by atoms with E-state index in [0.717, 1.165) is 27.7 Å². The Morgan fingerprint density at radius 3 is 2.56 bits per heavy atom. The number of fused-ring (bicyclic) bond motifs is 1. The van der Waals surface area contributed by atoms with E-state index in [1.807, 2.05) is 43.3 Å². The summed E-state index contributed by atoms with van der Waals surface area (Å²) in [5.41, 5.74) is 12.8. The highest BCUT2D eigenvalue weighted by molar-refractivity contribution is 6.16. The van der Waals surface area contributed by atoms with Gasteiger partial charge in [0.15, 0.2) is 0 Å². The molecule has 0 fully saturated rings. The SMILES string of the molecule is Cc1cc(N)c(C(=N)c2cc3c(-c4ccccc4F)cncc3[nH]2)cc1-c1ccccn1. The zero-order valence-electron chi connectivity index (χ0n) is 17.4. The molecule has 0 aliphatic heterocycles. The number of benzene rings is 2. The number of aryl methyl sites for hydroxylation is 1. The molecule has 3 heterocycles. The van der Waals surface area contributed by atoms with E-state index in [-0.39, 0.29) is 11.5 Å². The summed E-state index contributed by atoms with van der Waals surface area (Å²) >= 11 is 0. The van der Waals surface area contributed by atoms with E-state index in [4.69, 9.17) is 11.1 Å². The Balaban J connectivity index is 1.62. The lowest BCUT2D eigenvalue weighted by atomic mass is 9.96. The van der Waals surface area contributed by atoms with Crippen LogP contribution < -0.4 is 5.73 Å². The predicted octanol–water partition coefficient (Wildman–Crippen LogP) is 5.74. The molecule has 32 heavy (non-hydrogen) atoms. The van der Waals surface area contributed by atoms with Gasteiger partial charge in [-0.3, -0.25) is 15.4 Å². The number of aromatic nitrogens is 3. The maximum absolute atomic E-state index is 14.4. The number of anilines is 1. The molecule has 0 unspecified atom stereocenters. The Bertz CT molecular complexity index is 1470. The Hall–Kier alpha value is -4.32. The van der Waals surface area contributed by atoms with Crippen molar-refractivity contribution in [1.29, 1.82) is 5.41 Å².